The van der Waals surface area contributed by atoms with Crippen molar-refractivity contribution >= 4 is 5.88 Å². The highest BCUT2D eigenvalue weighted by Crippen LogP contribution is 2.25. The van der Waals surface area contributed by atoms with Crippen LogP contribution < -0.4 is 4.90 Å². The molecule has 0 N–H and O–H groups in total. The number of hydrogen-bond acceptors (Lipinski definition) is 3. The van der Waals surface area contributed by atoms with Crippen LogP contribution in [0.3, 0.4) is 0 Å². The van der Waals surface area contributed by atoms with Gasteiger partial charge in [-0.15, -0.1) is 0 Å². The van der Waals surface area contributed by atoms with Crippen LogP contribution in [0.5, 0.6) is 0 Å². The Morgan fingerprint density at radius 2 is 2.00 bits per heavy atom. The normalized spacial score (nSPS) is 17.7. The maximum atomic E-state index is 5.95. The van der Waals surface area contributed by atoms with Gasteiger partial charge in [-0.25, -0.2) is 0 Å². The molecule has 3 nitrogen and oxygen atoms in total. The molecule has 0 aromatic carbocycles. The van der Waals surface area contributed by atoms with E-state index >= 15 is 0 Å². The summed E-state index contributed by atoms with van der Waals surface area (Å²) >= 11 is 0. The Hall–Kier alpha value is -0.960. The van der Waals surface area contributed by atoms with Crippen molar-refractivity contribution < 1.29 is 4.42 Å². The average molecular weight is 250 g/mol. The molecule has 0 aliphatic carbocycles. The van der Waals surface area contributed by atoms with Gasteiger partial charge in [0.15, 0.2) is 5.88 Å². The van der Waals surface area contributed by atoms with Crippen molar-refractivity contribution in [1.82, 2.24) is 4.90 Å². The third-order valence-electron chi connectivity index (χ3n) is 3.77. The maximum absolute atomic E-state index is 5.95. The molecule has 0 atom stereocenters. The molecule has 0 unspecified atom stereocenters. The van der Waals surface area contributed by atoms with Crippen molar-refractivity contribution in [3.05, 3.63) is 17.9 Å². The lowest BCUT2D eigenvalue weighted by molar-refractivity contribution is 0.384. The highest BCUT2D eigenvalue weighted by Gasteiger charge is 2.18. The minimum atomic E-state index is 0.871. The second kappa shape index (κ2) is 6.28. The lowest BCUT2D eigenvalue weighted by Gasteiger charge is -2.29. The van der Waals surface area contributed by atoms with Gasteiger partial charge in [-0.2, -0.15) is 0 Å². The standard InChI is InChI=1S/C15H26N2O/c1-13-8-11-17(12-9-13)15-7-6-14(18-15)5-4-10-16(2)3/h6-7,13H,4-5,8-12H2,1-3H3. The summed E-state index contributed by atoms with van der Waals surface area (Å²) in [5.74, 6) is 3.07. The minimum Gasteiger partial charge on any atom is -0.446 e. The monoisotopic (exact) mass is 250 g/mol. The van der Waals surface area contributed by atoms with Gasteiger partial charge < -0.3 is 14.2 Å². The van der Waals surface area contributed by atoms with Crippen molar-refractivity contribution in [2.75, 3.05) is 38.6 Å². The molecule has 1 fully saturated rings. The van der Waals surface area contributed by atoms with Crippen LogP contribution in [0.2, 0.25) is 0 Å². The van der Waals surface area contributed by atoms with E-state index in [9.17, 15) is 0 Å². The Morgan fingerprint density at radius 1 is 1.28 bits per heavy atom. The van der Waals surface area contributed by atoms with E-state index in [4.69, 9.17) is 4.42 Å². The van der Waals surface area contributed by atoms with E-state index in [2.05, 4.69) is 43.0 Å². The topological polar surface area (TPSA) is 19.6 Å². The highest BCUT2D eigenvalue weighted by atomic mass is 16.4. The first kappa shape index (κ1) is 13.5. The highest BCUT2D eigenvalue weighted by molar-refractivity contribution is 5.36. The first-order chi connectivity index (χ1) is 8.65. The molecule has 1 aliphatic rings. The Bertz CT molecular complexity index is 351. The Balaban J connectivity index is 1.82. The van der Waals surface area contributed by atoms with Crippen LogP contribution in [-0.4, -0.2) is 38.6 Å². The predicted octanol–water partition coefficient (Wildman–Crippen LogP) is 3.01. The van der Waals surface area contributed by atoms with Gasteiger partial charge in [-0.1, -0.05) is 6.92 Å². The van der Waals surface area contributed by atoms with Gasteiger partial charge in [0.1, 0.15) is 5.76 Å². The number of hydrogen-bond donors (Lipinski definition) is 0. The SMILES string of the molecule is CC1CCN(c2ccc(CCCN(C)C)o2)CC1. The summed E-state index contributed by atoms with van der Waals surface area (Å²) in [6.45, 7) is 5.75. The molecule has 3 heteroatoms. The fourth-order valence-corrected chi connectivity index (χ4v) is 2.47. The van der Waals surface area contributed by atoms with E-state index in [0.717, 1.165) is 50.0 Å². The number of piperidine rings is 1. The summed E-state index contributed by atoms with van der Waals surface area (Å²) in [5.41, 5.74) is 0. The molecule has 2 rings (SSSR count). The summed E-state index contributed by atoms with van der Waals surface area (Å²) in [7, 11) is 4.23. The van der Waals surface area contributed by atoms with Gasteiger partial charge in [-0.05, 0) is 51.9 Å². The summed E-state index contributed by atoms with van der Waals surface area (Å²) in [6, 6.07) is 4.28. The van der Waals surface area contributed by atoms with Gasteiger partial charge in [0.05, 0.1) is 0 Å². The van der Waals surface area contributed by atoms with Gasteiger partial charge >= 0.3 is 0 Å². The molecule has 102 valence electrons. The Kier molecular flexibility index (Phi) is 4.70. The molecule has 2 heterocycles. The molecular formula is C15H26N2O. The molecule has 1 aromatic rings. The molecule has 0 radical (unpaired) electrons. The van der Waals surface area contributed by atoms with Gasteiger partial charge in [-0.3, -0.25) is 0 Å². The third-order valence-corrected chi connectivity index (χ3v) is 3.77. The number of rotatable bonds is 5. The number of furan rings is 1. The molecule has 1 saturated heterocycles. The molecule has 18 heavy (non-hydrogen) atoms. The lowest BCUT2D eigenvalue weighted by Crippen LogP contribution is -2.32. The van der Waals surface area contributed by atoms with Crippen molar-refractivity contribution in [1.29, 1.82) is 0 Å². The molecule has 1 aliphatic heterocycles. The fraction of sp³-hybridized carbons (Fsp3) is 0.733. The van der Waals surface area contributed by atoms with Crippen molar-refractivity contribution in [3.63, 3.8) is 0 Å². The van der Waals surface area contributed by atoms with Crippen LogP contribution in [-0.2, 0) is 6.42 Å². The fourth-order valence-electron chi connectivity index (χ4n) is 2.47. The van der Waals surface area contributed by atoms with E-state index in [1.165, 1.54) is 12.8 Å². The van der Waals surface area contributed by atoms with E-state index in [-0.39, 0.29) is 0 Å². The van der Waals surface area contributed by atoms with Gasteiger partial charge in [0, 0.05) is 25.6 Å². The Labute approximate surface area is 111 Å². The Morgan fingerprint density at radius 3 is 2.67 bits per heavy atom. The van der Waals surface area contributed by atoms with Crippen LogP contribution in [0.4, 0.5) is 5.88 Å². The predicted molar refractivity (Wildman–Crippen MR) is 76.2 cm³/mol. The zero-order valence-corrected chi connectivity index (χ0v) is 12.0. The minimum absolute atomic E-state index is 0.871. The average Bonchev–Trinajstić information content (AvgIpc) is 2.78. The largest absolute Gasteiger partial charge is 0.446 e. The quantitative estimate of drug-likeness (QED) is 0.801. The third kappa shape index (κ3) is 3.77. The van der Waals surface area contributed by atoms with Crippen LogP contribution >= 0.6 is 0 Å². The molecule has 0 spiro atoms. The summed E-state index contributed by atoms with van der Waals surface area (Å²) in [6.07, 6.45) is 4.78. The zero-order valence-electron chi connectivity index (χ0n) is 12.0. The molecular weight excluding hydrogens is 224 g/mol. The van der Waals surface area contributed by atoms with E-state index in [1.807, 2.05) is 0 Å². The first-order valence-electron chi connectivity index (χ1n) is 7.13. The van der Waals surface area contributed by atoms with Crippen molar-refractivity contribution in [3.8, 4) is 0 Å². The summed E-state index contributed by atoms with van der Waals surface area (Å²) < 4.78 is 5.95. The molecule has 1 aromatic heterocycles. The van der Waals surface area contributed by atoms with Crippen molar-refractivity contribution in [2.24, 2.45) is 5.92 Å². The lowest BCUT2D eigenvalue weighted by atomic mass is 9.99. The number of anilines is 1. The van der Waals surface area contributed by atoms with Crippen LogP contribution in [0.15, 0.2) is 16.5 Å². The van der Waals surface area contributed by atoms with Crippen LogP contribution in [0.1, 0.15) is 31.9 Å². The number of aryl methyl sites for hydroxylation is 1. The number of nitrogens with zero attached hydrogens (tertiary/aromatic N) is 2. The zero-order chi connectivity index (χ0) is 13.0. The van der Waals surface area contributed by atoms with Gasteiger partial charge in [0.2, 0.25) is 0 Å². The van der Waals surface area contributed by atoms with E-state index in [0.29, 0.717) is 0 Å². The summed E-state index contributed by atoms with van der Waals surface area (Å²) in [4.78, 5) is 4.60. The summed E-state index contributed by atoms with van der Waals surface area (Å²) in [5, 5.41) is 0. The van der Waals surface area contributed by atoms with E-state index < -0.39 is 0 Å². The molecule has 0 saturated carbocycles. The van der Waals surface area contributed by atoms with Crippen LogP contribution in [0, 0.1) is 5.92 Å². The second-order valence-corrected chi connectivity index (χ2v) is 5.82. The van der Waals surface area contributed by atoms with E-state index in [1.54, 1.807) is 0 Å². The smallest absolute Gasteiger partial charge is 0.195 e. The maximum Gasteiger partial charge on any atom is 0.195 e. The molecule has 0 amide bonds. The van der Waals surface area contributed by atoms with Crippen molar-refractivity contribution in [2.45, 2.75) is 32.6 Å². The first-order valence-corrected chi connectivity index (χ1v) is 7.13. The molecule has 0 bridgehead atoms. The van der Waals surface area contributed by atoms with Crippen LogP contribution in [0.25, 0.3) is 0 Å². The second-order valence-electron chi connectivity index (χ2n) is 5.82. The van der Waals surface area contributed by atoms with Gasteiger partial charge in [0.25, 0.3) is 0 Å².